The van der Waals surface area contributed by atoms with E-state index in [-0.39, 0.29) is 30.0 Å². The van der Waals surface area contributed by atoms with Crippen LogP contribution < -0.4 is 5.73 Å². The molecule has 0 radical (unpaired) electrons. The Hall–Kier alpha value is -1.92. The van der Waals surface area contributed by atoms with Crippen molar-refractivity contribution >= 4 is 23.6 Å². The Morgan fingerprint density at radius 3 is 2.12 bits per heavy atom. The van der Waals surface area contributed by atoms with E-state index in [1.165, 1.54) is 17.7 Å². The second kappa shape index (κ2) is 6.11. The van der Waals surface area contributed by atoms with Crippen LogP contribution in [0, 0.1) is 0 Å². The van der Waals surface area contributed by atoms with E-state index in [9.17, 15) is 9.59 Å². The molecule has 2 N–H and O–H groups in total. The van der Waals surface area contributed by atoms with E-state index in [2.05, 4.69) is 9.98 Å². The average Bonchev–Trinajstić information content (AvgIpc) is 2.92. The van der Waals surface area contributed by atoms with Crippen LogP contribution >= 0.6 is 0 Å². The number of amides is 3. The smallest absolute Gasteiger partial charge is 0.329 e. The van der Waals surface area contributed by atoms with Crippen LogP contribution in [-0.4, -0.2) is 51.2 Å². The molecule has 1 unspecified atom stereocenters. The molecule has 2 saturated carbocycles. The number of carbonyl (C=O) groups is 2. The van der Waals surface area contributed by atoms with Gasteiger partial charge < -0.3 is 5.73 Å². The monoisotopic (exact) mass is 345 g/mol. The molecule has 0 aromatic heterocycles. The lowest BCUT2D eigenvalue weighted by Crippen LogP contribution is -2.71. The molecule has 1 saturated heterocycles. The molecule has 1 atom stereocenters. The van der Waals surface area contributed by atoms with Crippen molar-refractivity contribution in [3.63, 3.8) is 0 Å². The predicted molar refractivity (Wildman–Crippen MR) is 95.3 cm³/mol. The molecule has 3 fully saturated rings. The summed E-state index contributed by atoms with van der Waals surface area (Å²) in [5.41, 5.74) is 5.14. The van der Waals surface area contributed by atoms with Crippen LogP contribution in [0.5, 0.6) is 0 Å². The van der Waals surface area contributed by atoms with Gasteiger partial charge >= 0.3 is 6.03 Å². The summed E-state index contributed by atoms with van der Waals surface area (Å²) in [6.45, 7) is 1.81. The number of rotatable bonds is 2. The van der Waals surface area contributed by atoms with Crippen molar-refractivity contribution < 1.29 is 9.59 Å². The highest BCUT2D eigenvalue weighted by Gasteiger charge is 2.57. The van der Waals surface area contributed by atoms with Gasteiger partial charge in [-0.2, -0.15) is 0 Å². The minimum atomic E-state index is -1.04. The second-order valence-corrected chi connectivity index (χ2v) is 7.86. The van der Waals surface area contributed by atoms with Gasteiger partial charge in [0, 0.05) is 12.1 Å². The molecule has 2 aliphatic carbocycles. The number of nitrogens with two attached hydrogens (primary N) is 1. The number of fused-ring (bicyclic) bond motifs is 1. The van der Waals surface area contributed by atoms with Crippen LogP contribution in [-0.2, 0) is 4.79 Å². The highest BCUT2D eigenvalue weighted by molar-refractivity contribution is 6.48. The van der Waals surface area contributed by atoms with Crippen LogP contribution in [0.1, 0.15) is 71.1 Å². The molecule has 2 aliphatic heterocycles. The fourth-order valence-corrected chi connectivity index (χ4v) is 4.96. The van der Waals surface area contributed by atoms with Crippen molar-refractivity contribution in [2.24, 2.45) is 15.7 Å². The normalized spacial score (nSPS) is 31.9. The van der Waals surface area contributed by atoms with Crippen molar-refractivity contribution in [2.45, 2.75) is 88.9 Å². The minimum Gasteiger partial charge on any atom is -0.368 e. The molecule has 0 bridgehead atoms. The number of hydrogen-bond donors (Lipinski definition) is 1. The number of aliphatic imine (C=N–C) groups is 2. The highest BCUT2D eigenvalue weighted by atomic mass is 16.2. The first-order chi connectivity index (χ1) is 12.0. The first-order valence-corrected chi connectivity index (χ1v) is 9.64. The quantitative estimate of drug-likeness (QED) is 0.833. The molecular formula is C18H27N5O2. The molecule has 4 rings (SSSR count). The Morgan fingerprint density at radius 1 is 0.960 bits per heavy atom. The molecule has 4 aliphatic rings. The number of urea groups is 1. The third-order valence-electron chi connectivity index (χ3n) is 6.19. The van der Waals surface area contributed by atoms with Crippen LogP contribution in [0.4, 0.5) is 4.79 Å². The number of carbonyl (C=O) groups excluding carboxylic acids is 2. The summed E-state index contributed by atoms with van der Waals surface area (Å²) < 4.78 is 0. The first kappa shape index (κ1) is 16.5. The molecule has 0 aromatic carbocycles. The van der Waals surface area contributed by atoms with Gasteiger partial charge in [0.15, 0.2) is 11.4 Å². The van der Waals surface area contributed by atoms with Crippen LogP contribution in [0.2, 0.25) is 0 Å². The topological polar surface area (TPSA) is 91.4 Å². The number of nitrogens with zero attached hydrogens (tertiary/aromatic N) is 4. The maximum atomic E-state index is 13.5. The SMILES string of the molecule is CC12N=C(N)N=C1C(=O)N(C1CCCCC1)C(=O)N2C1CCCCC1. The largest absolute Gasteiger partial charge is 0.368 e. The Kier molecular flexibility index (Phi) is 4.04. The molecule has 3 amide bonds. The van der Waals surface area contributed by atoms with Gasteiger partial charge in [0.05, 0.1) is 0 Å². The zero-order chi connectivity index (χ0) is 17.6. The zero-order valence-corrected chi connectivity index (χ0v) is 14.9. The number of guanidine groups is 1. The molecule has 2 heterocycles. The summed E-state index contributed by atoms with van der Waals surface area (Å²) in [7, 11) is 0. The van der Waals surface area contributed by atoms with Crippen molar-refractivity contribution in [1.29, 1.82) is 0 Å². The molecule has 0 spiro atoms. The van der Waals surface area contributed by atoms with Crippen molar-refractivity contribution in [3.8, 4) is 0 Å². The van der Waals surface area contributed by atoms with Crippen molar-refractivity contribution in [3.05, 3.63) is 0 Å². The lowest BCUT2D eigenvalue weighted by atomic mass is 9.88. The van der Waals surface area contributed by atoms with Gasteiger partial charge in [0.1, 0.15) is 0 Å². The van der Waals surface area contributed by atoms with Gasteiger partial charge in [-0.1, -0.05) is 38.5 Å². The van der Waals surface area contributed by atoms with Gasteiger partial charge in [0.2, 0.25) is 5.96 Å². The highest BCUT2D eigenvalue weighted by Crippen LogP contribution is 2.38. The van der Waals surface area contributed by atoms with E-state index in [1.54, 1.807) is 0 Å². The van der Waals surface area contributed by atoms with Crippen LogP contribution in [0.15, 0.2) is 9.98 Å². The number of hydrogen-bond acceptors (Lipinski definition) is 5. The van der Waals surface area contributed by atoms with Gasteiger partial charge in [0.25, 0.3) is 5.91 Å². The minimum absolute atomic E-state index is 0.0195. The Bertz CT molecular complexity index is 646. The third kappa shape index (κ3) is 2.55. The lowest BCUT2D eigenvalue weighted by molar-refractivity contribution is -0.127. The molecule has 25 heavy (non-hydrogen) atoms. The predicted octanol–water partition coefficient (Wildman–Crippen LogP) is 2.40. The molecule has 0 aromatic rings. The molecular weight excluding hydrogens is 318 g/mol. The van der Waals surface area contributed by atoms with Crippen LogP contribution in [0.25, 0.3) is 0 Å². The summed E-state index contributed by atoms with van der Waals surface area (Å²) in [6, 6.07) is -0.108. The van der Waals surface area contributed by atoms with Gasteiger partial charge in [-0.3, -0.25) is 14.6 Å². The first-order valence-electron chi connectivity index (χ1n) is 9.64. The zero-order valence-electron chi connectivity index (χ0n) is 14.9. The van der Waals surface area contributed by atoms with E-state index in [0.717, 1.165) is 51.4 Å². The van der Waals surface area contributed by atoms with Crippen molar-refractivity contribution in [2.75, 3.05) is 0 Å². The van der Waals surface area contributed by atoms with E-state index < -0.39 is 5.66 Å². The second-order valence-electron chi connectivity index (χ2n) is 7.86. The van der Waals surface area contributed by atoms with E-state index in [1.807, 2.05) is 11.8 Å². The Labute approximate surface area is 148 Å². The summed E-state index contributed by atoms with van der Waals surface area (Å²) in [4.78, 5) is 38.5. The van der Waals surface area contributed by atoms with E-state index in [4.69, 9.17) is 5.73 Å². The maximum absolute atomic E-state index is 13.5. The molecule has 7 nitrogen and oxygen atoms in total. The Balaban J connectivity index is 1.73. The van der Waals surface area contributed by atoms with Crippen LogP contribution in [0.3, 0.4) is 0 Å². The summed E-state index contributed by atoms with van der Waals surface area (Å²) in [6.07, 6.45) is 10.4. The summed E-state index contributed by atoms with van der Waals surface area (Å²) in [5.74, 6) is -0.194. The fourth-order valence-electron chi connectivity index (χ4n) is 4.96. The van der Waals surface area contributed by atoms with Gasteiger partial charge in [-0.25, -0.2) is 14.8 Å². The Morgan fingerprint density at radius 2 is 1.52 bits per heavy atom. The summed E-state index contributed by atoms with van der Waals surface area (Å²) >= 11 is 0. The molecule has 136 valence electrons. The summed E-state index contributed by atoms with van der Waals surface area (Å²) in [5, 5.41) is 0. The standard InChI is InChI=1S/C18H27N5O2/c1-18-14(20-16(19)21-18)15(24)22(12-8-4-2-5-9-12)17(25)23(18)13-10-6-3-7-11-13/h12-13H,2-11H2,1H3,(H2,19,21). The van der Waals surface area contributed by atoms with E-state index in [0.29, 0.717) is 5.71 Å². The van der Waals surface area contributed by atoms with Crippen molar-refractivity contribution in [1.82, 2.24) is 9.80 Å². The fraction of sp³-hybridized carbons (Fsp3) is 0.778. The third-order valence-corrected chi connectivity index (χ3v) is 6.19. The molecule has 7 heteroatoms. The van der Waals surface area contributed by atoms with E-state index >= 15 is 0 Å². The average molecular weight is 345 g/mol. The number of imide groups is 1. The van der Waals surface area contributed by atoms with Gasteiger partial charge in [-0.05, 0) is 32.6 Å². The maximum Gasteiger partial charge on any atom is 0.329 e. The lowest BCUT2D eigenvalue weighted by Gasteiger charge is -2.50. The van der Waals surface area contributed by atoms with Gasteiger partial charge in [-0.15, -0.1) is 0 Å².